The SMILES string of the molecule is O=C(O)CC(c1ccccc1)S(=O)(=O)Nc1cccc(NC(=O)c2ccc(Nc3ccccn3)cc2)c1. The first-order valence-electron chi connectivity index (χ1n) is 11.3. The van der Waals surface area contributed by atoms with Crippen molar-refractivity contribution in [1.82, 2.24) is 4.98 Å². The van der Waals surface area contributed by atoms with E-state index in [2.05, 4.69) is 20.3 Å². The molecule has 1 unspecified atom stereocenters. The predicted molar refractivity (Wildman–Crippen MR) is 142 cm³/mol. The highest BCUT2D eigenvalue weighted by Crippen LogP contribution is 2.29. The molecule has 9 nitrogen and oxygen atoms in total. The predicted octanol–water partition coefficient (Wildman–Crippen LogP) is 5.04. The summed E-state index contributed by atoms with van der Waals surface area (Å²) in [6.07, 6.45) is 1.08. The number of hydrogen-bond donors (Lipinski definition) is 4. The topological polar surface area (TPSA) is 137 Å². The Morgan fingerprint density at radius 2 is 1.51 bits per heavy atom. The Labute approximate surface area is 214 Å². The van der Waals surface area contributed by atoms with Crippen LogP contribution < -0.4 is 15.4 Å². The van der Waals surface area contributed by atoms with Crippen molar-refractivity contribution in [2.24, 2.45) is 0 Å². The number of aromatic nitrogens is 1. The number of sulfonamides is 1. The van der Waals surface area contributed by atoms with E-state index in [-0.39, 0.29) is 11.6 Å². The summed E-state index contributed by atoms with van der Waals surface area (Å²) in [7, 11) is -4.11. The summed E-state index contributed by atoms with van der Waals surface area (Å²) in [6, 6.07) is 26.7. The van der Waals surface area contributed by atoms with Crippen LogP contribution in [-0.2, 0) is 14.8 Å². The van der Waals surface area contributed by atoms with Crippen molar-refractivity contribution >= 4 is 44.8 Å². The minimum atomic E-state index is -4.11. The van der Waals surface area contributed by atoms with Gasteiger partial charge in [0.2, 0.25) is 10.0 Å². The monoisotopic (exact) mass is 516 g/mol. The van der Waals surface area contributed by atoms with Crippen LogP contribution in [0.3, 0.4) is 0 Å². The van der Waals surface area contributed by atoms with Crippen molar-refractivity contribution in [3.8, 4) is 0 Å². The highest BCUT2D eigenvalue weighted by molar-refractivity contribution is 7.93. The molecule has 0 spiro atoms. The number of carboxylic acids is 1. The second-order valence-electron chi connectivity index (χ2n) is 8.10. The minimum Gasteiger partial charge on any atom is -0.481 e. The van der Waals surface area contributed by atoms with Gasteiger partial charge in [0.05, 0.1) is 12.1 Å². The first-order valence-corrected chi connectivity index (χ1v) is 12.8. The standard InChI is InChI=1S/C27H24N4O5S/c32-26(33)18-24(19-7-2-1-3-8-19)37(35,36)31-23-10-6-9-22(17-23)30-27(34)20-12-14-21(15-13-20)29-25-11-4-5-16-28-25/h1-17,24,31H,18H2,(H,28,29)(H,30,34)(H,32,33). The Kier molecular flexibility index (Phi) is 7.80. The lowest BCUT2D eigenvalue weighted by molar-refractivity contribution is -0.137. The quantitative estimate of drug-likeness (QED) is 0.232. The molecule has 0 aliphatic carbocycles. The molecule has 4 aromatic rings. The molecule has 0 radical (unpaired) electrons. The Morgan fingerprint density at radius 1 is 0.811 bits per heavy atom. The molecule has 0 saturated carbocycles. The average molecular weight is 517 g/mol. The molecule has 0 saturated heterocycles. The number of aliphatic carboxylic acids is 1. The number of rotatable bonds is 10. The van der Waals surface area contributed by atoms with Crippen LogP contribution >= 0.6 is 0 Å². The van der Waals surface area contributed by atoms with Gasteiger partial charge in [0, 0.05) is 23.1 Å². The molecule has 0 aliphatic rings. The van der Waals surface area contributed by atoms with Gasteiger partial charge in [-0.05, 0) is 60.2 Å². The number of nitrogens with one attached hydrogen (secondary N) is 3. The summed E-state index contributed by atoms with van der Waals surface area (Å²) in [4.78, 5) is 28.3. The van der Waals surface area contributed by atoms with E-state index in [1.165, 1.54) is 12.1 Å². The molecule has 1 aromatic heterocycles. The van der Waals surface area contributed by atoms with Crippen LogP contribution in [0.25, 0.3) is 0 Å². The summed E-state index contributed by atoms with van der Waals surface area (Å²) < 4.78 is 28.6. The zero-order chi connectivity index (χ0) is 26.3. The smallest absolute Gasteiger partial charge is 0.305 e. The van der Waals surface area contributed by atoms with E-state index in [4.69, 9.17) is 0 Å². The fourth-order valence-corrected chi connectivity index (χ4v) is 5.10. The van der Waals surface area contributed by atoms with Gasteiger partial charge in [-0.3, -0.25) is 14.3 Å². The lowest BCUT2D eigenvalue weighted by Gasteiger charge is -2.18. The number of carbonyl (C=O) groups excluding carboxylic acids is 1. The number of carboxylic acid groups (broad SMARTS) is 1. The van der Waals surface area contributed by atoms with Gasteiger partial charge in [-0.1, -0.05) is 42.5 Å². The summed E-state index contributed by atoms with van der Waals surface area (Å²) in [5, 5.41) is 13.9. The largest absolute Gasteiger partial charge is 0.481 e. The van der Waals surface area contributed by atoms with Gasteiger partial charge in [0.15, 0.2) is 0 Å². The van der Waals surface area contributed by atoms with Gasteiger partial charge in [0.25, 0.3) is 5.91 Å². The maximum atomic E-state index is 13.1. The normalized spacial score (nSPS) is 11.8. The number of carbonyl (C=O) groups is 2. The highest BCUT2D eigenvalue weighted by Gasteiger charge is 2.29. The van der Waals surface area contributed by atoms with Gasteiger partial charge in [-0.15, -0.1) is 0 Å². The van der Waals surface area contributed by atoms with Gasteiger partial charge in [-0.2, -0.15) is 0 Å². The van der Waals surface area contributed by atoms with Gasteiger partial charge in [-0.25, -0.2) is 13.4 Å². The Hall–Kier alpha value is -4.70. The van der Waals surface area contributed by atoms with Crippen LogP contribution in [0.4, 0.5) is 22.9 Å². The second-order valence-corrected chi connectivity index (χ2v) is 9.96. The van der Waals surface area contributed by atoms with Crippen molar-refractivity contribution in [1.29, 1.82) is 0 Å². The van der Waals surface area contributed by atoms with Crippen LogP contribution in [-0.4, -0.2) is 30.4 Å². The molecule has 37 heavy (non-hydrogen) atoms. The number of benzene rings is 3. The van der Waals surface area contributed by atoms with Crippen molar-refractivity contribution in [2.45, 2.75) is 11.7 Å². The first-order chi connectivity index (χ1) is 17.8. The fraction of sp³-hybridized carbons (Fsp3) is 0.0741. The van der Waals surface area contributed by atoms with E-state index in [9.17, 15) is 23.1 Å². The van der Waals surface area contributed by atoms with E-state index >= 15 is 0 Å². The number of anilines is 4. The molecular weight excluding hydrogens is 492 g/mol. The molecule has 10 heteroatoms. The van der Waals surface area contributed by atoms with Gasteiger partial charge in [0.1, 0.15) is 11.1 Å². The van der Waals surface area contributed by atoms with E-state index in [1.54, 1.807) is 72.9 Å². The number of nitrogens with zero attached hydrogens (tertiary/aromatic N) is 1. The summed E-state index contributed by atoms with van der Waals surface area (Å²) in [5.74, 6) is -0.934. The number of hydrogen-bond acceptors (Lipinski definition) is 6. The molecule has 1 amide bonds. The van der Waals surface area contributed by atoms with E-state index < -0.39 is 27.7 Å². The third kappa shape index (κ3) is 6.92. The van der Waals surface area contributed by atoms with E-state index in [1.807, 2.05) is 18.2 Å². The maximum absolute atomic E-state index is 13.1. The lowest BCUT2D eigenvalue weighted by Crippen LogP contribution is -2.24. The van der Waals surface area contributed by atoms with Crippen LogP contribution in [0, 0.1) is 0 Å². The Bertz CT molecular complexity index is 1480. The molecule has 0 bridgehead atoms. The van der Waals surface area contributed by atoms with Crippen molar-refractivity contribution < 1.29 is 23.1 Å². The maximum Gasteiger partial charge on any atom is 0.305 e. The Morgan fingerprint density at radius 3 is 2.19 bits per heavy atom. The molecule has 0 aliphatic heterocycles. The van der Waals surface area contributed by atoms with E-state index in [0.717, 1.165) is 5.69 Å². The van der Waals surface area contributed by atoms with Crippen LogP contribution in [0.1, 0.15) is 27.6 Å². The summed E-state index contributed by atoms with van der Waals surface area (Å²) in [5.41, 5.74) is 2.10. The fourth-order valence-electron chi connectivity index (χ4n) is 3.62. The minimum absolute atomic E-state index is 0.194. The number of pyridine rings is 1. The molecule has 1 atom stereocenters. The van der Waals surface area contributed by atoms with Gasteiger partial charge < -0.3 is 15.7 Å². The third-order valence-corrected chi connectivity index (χ3v) is 7.08. The van der Waals surface area contributed by atoms with Crippen LogP contribution in [0.15, 0.2) is 103 Å². The zero-order valence-electron chi connectivity index (χ0n) is 19.5. The van der Waals surface area contributed by atoms with E-state index in [0.29, 0.717) is 22.6 Å². The van der Waals surface area contributed by atoms with Crippen LogP contribution in [0.2, 0.25) is 0 Å². The van der Waals surface area contributed by atoms with Crippen molar-refractivity contribution in [3.63, 3.8) is 0 Å². The lowest BCUT2D eigenvalue weighted by atomic mass is 10.1. The molecular formula is C27H24N4O5S. The zero-order valence-corrected chi connectivity index (χ0v) is 20.4. The molecule has 3 aromatic carbocycles. The average Bonchev–Trinajstić information content (AvgIpc) is 2.88. The molecule has 188 valence electrons. The van der Waals surface area contributed by atoms with Crippen molar-refractivity contribution in [3.05, 3.63) is 114 Å². The Balaban J connectivity index is 1.45. The molecule has 1 heterocycles. The third-order valence-electron chi connectivity index (χ3n) is 5.37. The van der Waals surface area contributed by atoms with Crippen LogP contribution in [0.5, 0.6) is 0 Å². The number of amides is 1. The summed E-state index contributed by atoms with van der Waals surface area (Å²) >= 11 is 0. The molecule has 0 fully saturated rings. The molecule has 4 rings (SSSR count). The van der Waals surface area contributed by atoms with Gasteiger partial charge >= 0.3 is 5.97 Å². The first kappa shape index (κ1) is 25.4. The second kappa shape index (κ2) is 11.4. The van der Waals surface area contributed by atoms with Crippen molar-refractivity contribution in [2.75, 3.05) is 15.4 Å². The summed E-state index contributed by atoms with van der Waals surface area (Å²) in [6.45, 7) is 0. The molecule has 4 N–H and O–H groups in total. The highest BCUT2D eigenvalue weighted by atomic mass is 32.2.